The molecule has 0 aliphatic rings. The van der Waals surface area contributed by atoms with E-state index in [0.29, 0.717) is 5.52 Å². The zero-order chi connectivity index (χ0) is 23.9. The standard InChI is InChI=1S/C23H26F3NO4S/c1-21(2,18-12-17(32(4,29)30)9-10-20(18)31-3)14-22(28,23(24,25)26)13-16-11-15-7-5-6-8-19(15)27-16/h5-12,27-28H,13-14H2,1-4H3. The monoisotopic (exact) mass is 469 g/mol. The number of rotatable bonds is 7. The highest BCUT2D eigenvalue weighted by atomic mass is 32.2. The van der Waals surface area contributed by atoms with Gasteiger partial charge in [0, 0.05) is 29.5 Å². The van der Waals surface area contributed by atoms with Crippen LogP contribution in [0.5, 0.6) is 5.75 Å². The second-order valence-electron chi connectivity index (χ2n) is 8.78. The zero-order valence-corrected chi connectivity index (χ0v) is 19.1. The molecule has 9 heteroatoms. The van der Waals surface area contributed by atoms with E-state index in [2.05, 4.69) is 4.98 Å². The van der Waals surface area contributed by atoms with Gasteiger partial charge >= 0.3 is 6.18 Å². The lowest BCUT2D eigenvalue weighted by molar-refractivity contribution is -0.266. The molecule has 0 bridgehead atoms. The number of aromatic amines is 1. The lowest BCUT2D eigenvalue weighted by Crippen LogP contribution is -2.51. The fourth-order valence-electron chi connectivity index (χ4n) is 4.08. The van der Waals surface area contributed by atoms with Crippen LogP contribution >= 0.6 is 0 Å². The summed E-state index contributed by atoms with van der Waals surface area (Å²) in [6.07, 6.45) is -5.29. The topological polar surface area (TPSA) is 79.4 Å². The van der Waals surface area contributed by atoms with Crippen molar-refractivity contribution in [3.63, 3.8) is 0 Å². The van der Waals surface area contributed by atoms with Gasteiger partial charge in [0.2, 0.25) is 0 Å². The fraction of sp³-hybridized carbons (Fsp3) is 0.391. The molecule has 174 valence electrons. The summed E-state index contributed by atoms with van der Waals surface area (Å²) in [6.45, 7) is 3.05. The molecule has 0 spiro atoms. The van der Waals surface area contributed by atoms with Crippen molar-refractivity contribution < 1.29 is 31.4 Å². The number of nitrogens with one attached hydrogen (secondary N) is 1. The number of hydrogen-bond acceptors (Lipinski definition) is 4. The van der Waals surface area contributed by atoms with E-state index in [4.69, 9.17) is 4.74 Å². The van der Waals surface area contributed by atoms with Gasteiger partial charge in [-0.05, 0) is 47.6 Å². The molecule has 5 nitrogen and oxygen atoms in total. The number of H-pyrrole nitrogens is 1. The van der Waals surface area contributed by atoms with Gasteiger partial charge < -0.3 is 14.8 Å². The average molecular weight is 470 g/mol. The molecule has 1 unspecified atom stereocenters. The maximum atomic E-state index is 14.2. The smallest absolute Gasteiger partial charge is 0.417 e. The molecule has 0 saturated heterocycles. The van der Waals surface area contributed by atoms with Crippen molar-refractivity contribution >= 4 is 20.7 Å². The summed E-state index contributed by atoms with van der Waals surface area (Å²) < 4.78 is 71.8. The van der Waals surface area contributed by atoms with Crippen molar-refractivity contribution in [2.75, 3.05) is 13.4 Å². The maximum absolute atomic E-state index is 14.2. The molecule has 32 heavy (non-hydrogen) atoms. The Bertz CT molecular complexity index is 1200. The maximum Gasteiger partial charge on any atom is 0.417 e. The largest absolute Gasteiger partial charge is 0.496 e. The van der Waals surface area contributed by atoms with Crippen molar-refractivity contribution in [1.82, 2.24) is 4.98 Å². The first-order valence-corrected chi connectivity index (χ1v) is 11.8. The number of fused-ring (bicyclic) bond motifs is 1. The predicted octanol–water partition coefficient (Wildman–Crippen LogP) is 4.78. The van der Waals surface area contributed by atoms with Gasteiger partial charge in [0.25, 0.3) is 0 Å². The molecular formula is C23H26F3NO4S. The average Bonchev–Trinajstić information content (AvgIpc) is 3.07. The van der Waals surface area contributed by atoms with Gasteiger partial charge in [0.05, 0.1) is 12.0 Å². The summed E-state index contributed by atoms with van der Waals surface area (Å²) in [7, 11) is -2.23. The van der Waals surface area contributed by atoms with Gasteiger partial charge in [-0.15, -0.1) is 0 Å². The summed E-state index contributed by atoms with van der Waals surface area (Å²) >= 11 is 0. The normalized spacial score (nSPS) is 15.0. The molecule has 1 aromatic heterocycles. The fourth-order valence-corrected chi connectivity index (χ4v) is 4.73. The quantitative estimate of drug-likeness (QED) is 0.522. The summed E-state index contributed by atoms with van der Waals surface area (Å²) in [5.74, 6) is 0.248. The van der Waals surface area contributed by atoms with E-state index in [1.807, 2.05) is 0 Å². The first-order chi connectivity index (χ1) is 14.7. The molecular weight excluding hydrogens is 443 g/mol. The highest BCUT2D eigenvalue weighted by Crippen LogP contribution is 2.45. The van der Waals surface area contributed by atoms with Crippen LogP contribution in [0.25, 0.3) is 10.9 Å². The van der Waals surface area contributed by atoms with E-state index in [-0.39, 0.29) is 21.9 Å². The number of benzene rings is 2. The van der Waals surface area contributed by atoms with Crippen LogP contribution in [0.15, 0.2) is 53.4 Å². The number of methoxy groups -OCH3 is 1. The van der Waals surface area contributed by atoms with Crippen LogP contribution in [-0.4, -0.2) is 43.7 Å². The van der Waals surface area contributed by atoms with Crippen LogP contribution in [0.4, 0.5) is 13.2 Å². The number of aliphatic hydroxyl groups is 1. The minimum atomic E-state index is -4.93. The lowest BCUT2D eigenvalue weighted by Gasteiger charge is -2.38. The van der Waals surface area contributed by atoms with Crippen LogP contribution in [0.2, 0.25) is 0 Å². The minimum absolute atomic E-state index is 0.0347. The first-order valence-electron chi connectivity index (χ1n) is 9.91. The van der Waals surface area contributed by atoms with Crippen LogP contribution in [0.3, 0.4) is 0 Å². The molecule has 0 amide bonds. The Hall–Kier alpha value is -2.52. The molecule has 3 aromatic rings. The van der Waals surface area contributed by atoms with Gasteiger partial charge in [-0.3, -0.25) is 0 Å². The molecule has 2 N–H and O–H groups in total. The highest BCUT2D eigenvalue weighted by molar-refractivity contribution is 7.90. The van der Waals surface area contributed by atoms with Crippen LogP contribution in [0.1, 0.15) is 31.5 Å². The van der Waals surface area contributed by atoms with E-state index in [1.54, 1.807) is 30.3 Å². The van der Waals surface area contributed by atoms with Gasteiger partial charge in [-0.25, -0.2) is 8.42 Å². The number of hydrogen-bond donors (Lipinski definition) is 2. The Labute approximate surface area is 185 Å². The van der Waals surface area contributed by atoms with Crippen molar-refractivity contribution in [2.45, 2.75) is 48.8 Å². The van der Waals surface area contributed by atoms with Gasteiger partial charge in [0.15, 0.2) is 15.4 Å². The molecule has 0 aliphatic carbocycles. The second kappa shape index (κ2) is 8.12. The second-order valence-corrected chi connectivity index (χ2v) is 10.8. The van der Waals surface area contributed by atoms with E-state index in [0.717, 1.165) is 11.6 Å². The SMILES string of the molecule is COc1ccc(S(C)(=O)=O)cc1C(C)(C)CC(O)(Cc1cc2ccccc2[nH]1)C(F)(F)F. The van der Waals surface area contributed by atoms with Crippen LogP contribution < -0.4 is 4.74 Å². The van der Waals surface area contributed by atoms with Crippen LogP contribution in [0, 0.1) is 0 Å². The van der Waals surface area contributed by atoms with E-state index in [9.17, 15) is 26.7 Å². The number of sulfone groups is 1. The molecule has 3 rings (SSSR count). The molecule has 0 fully saturated rings. The summed E-state index contributed by atoms with van der Waals surface area (Å²) in [5.41, 5.74) is -3.15. The van der Waals surface area contributed by atoms with Gasteiger partial charge in [0.1, 0.15) is 5.75 Å². The predicted molar refractivity (Wildman–Crippen MR) is 117 cm³/mol. The number of halogens is 3. The summed E-state index contributed by atoms with van der Waals surface area (Å²) in [6, 6.07) is 12.7. The van der Waals surface area contributed by atoms with Crippen molar-refractivity contribution in [1.29, 1.82) is 0 Å². The molecule has 0 radical (unpaired) electrons. The Kier molecular flexibility index (Phi) is 6.12. The zero-order valence-electron chi connectivity index (χ0n) is 18.2. The molecule has 0 saturated carbocycles. The van der Waals surface area contributed by atoms with Crippen LogP contribution in [-0.2, 0) is 21.7 Å². The summed E-state index contributed by atoms with van der Waals surface area (Å²) in [4.78, 5) is 2.90. The summed E-state index contributed by atoms with van der Waals surface area (Å²) in [5, 5.41) is 11.7. The third-order valence-corrected chi connectivity index (χ3v) is 6.77. The Balaban J connectivity index is 2.04. The highest BCUT2D eigenvalue weighted by Gasteiger charge is 2.56. The number of para-hydroxylation sites is 1. The lowest BCUT2D eigenvalue weighted by atomic mass is 9.73. The van der Waals surface area contributed by atoms with Gasteiger partial charge in [-0.1, -0.05) is 32.0 Å². The Morgan fingerprint density at radius 1 is 1.06 bits per heavy atom. The number of aromatic nitrogens is 1. The van der Waals surface area contributed by atoms with E-state index >= 15 is 0 Å². The molecule has 1 heterocycles. The third kappa shape index (κ3) is 4.78. The van der Waals surface area contributed by atoms with Crippen molar-refractivity contribution in [3.8, 4) is 5.75 Å². The Morgan fingerprint density at radius 3 is 2.28 bits per heavy atom. The number of ether oxygens (including phenoxy) is 1. The van der Waals surface area contributed by atoms with Crippen molar-refractivity contribution in [2.24, 2.45) is 0 Å². The Morgan fingerprint density at radius 2 is 1.72 bits per heavy atom. The molecule has 1 atom stereocenters. The number of alkyl halides is 3. The third-order valence-electron chi connectivity index (χ3n) is 5.66. The van der Waals surface area contributed by atoms with Gasteiger partial charge in [-0.2, -0.15) is 13.2 Å². The minimum Gasteiger partial charge on any atom is -0.496 e. The van der Waals surface area contributed by atoms with E-state index < -0.39 is 39.9 Å². The first kappa shape index (κ1) is 24.1. The molecule has 0 aliphatic heterocycles. The van der Waals surface area contributed by atoms with Crippen molar-refractivity contribution in [3.05, 3.63) is 59.8 Å². The molecule has 2 aromatic carbocycles. The van der Waals surface area contributed by atoms with E-state index in [1.165, 1.54) is 39.2 Å².